The number of piperidine rings is 1. The molecule has 60 heavy (non-hydrogen) atoms. The van der Waals surface area contributed by atoms with Gasteiger partial charge in [-0.1, -0.05) is 56.3 Å². The number of methoxy groups -OCH3 is 3. The molecule has 2 bridgehead atoms. The van der Waals surface area contributed by atoms with Crippen molar-refractivity contribution in [2.24, 2.45) is 11.3 Å². The zero-order valence-corrected chi connectivity index (χ0v) is 35.3. The van der Waals surface area contributed by atoms with E-state index in [0.717, 1.165) is 16.5 Å². The first-order valence-electron chi connectivity index (χ1n) is 21.3. The zero-order chi connectivity index (χ0) is 42.6. The molecule has 6 heterocycles. The van der Waals surface area contributed by atoms with Gasteiger partial charge in [-0.05, 0) is 68.2 Å². The molecule has 3 fully saturated rings. The summed E-state index contributed by atoms with van der Waals surface area (Å²) in [7, 11) is 4.05. The number of aromatic amines is 1. The molecule has 14 nitrogen and oxygen atoms in total. The second kappa shape index (κ2) is 14.1. The molecule has 1 aliphatic carbocycles. The van der Waals surface area contributed by atoms with Crippen molar-refractivity contribution in [2.45, 2.75) is 99.5 Å². The number of hydrogen-bond donors (Lipinski definition) is 3. The lowest BCUT2D eigenvalue weighted by Crippen LogP contribution is -2.81. The quantitative estimate of drug-likeness (QED) is 0.131. The van der Waals surface area contributed by atoms with Crippen molar-refractivity contribution >= 4 is 40.9 Å². The summed E-state index contributed by atoms with van der Waals surface area (Å²) in [5.41, 5.74) is -3.33. The summed E-state index contributed by atoms with van der Waals surface area (Å²) in [6, 6.07) is 10.1. The number of aliphatic hydroxyl groups is 2. The molecule has 2 saturated heterocycles. The van der Waals surface area contributed by atoms with E-state index >= 15 is 4.79 Å². The number of benzene rings is 2. The summed E-state index contributed by atoms with van der Waals surface area (Å²) in [4.78, 5) is 66.3. The van der Waals surface area contributed by atoms with Crippen molar-refractivity contribution in [2.75, 3.05) is 59.0 Å². The van der Waals surface area contributed by atoms with Crippen molar-refractivity contribution in [1.29, 1.82) is 0 Å². The number of amides is 1. The average Bonchev–Trinajstić information content (AvgIpc) is 3.93. The van der Waals surface area contributed by atoms with Gasteiger partial charge >= 0.3 is 17.9 Å². The second-order valence-corrected chi connectivity index (χ2v) is 18.1. The van der Waals surface area contributed by atoms with Gasteiger partial charge in [0.15, 0.2) is 6.10 Å². The van der Waals surface area contributed by atoms with E-state index in [2.05, 4.69) is 14.8 Å². The van der Waals surface area contributed by atoms with Crippen LogP contribution in [0, 0.1) is 11.3 Å². The third-order valence-corrected chi connectivity index (χ3v) is 15.5. The third kappa shape index (κ3) is 5.13. The van der Waals surface area contributed by atoms with Gasteiger partial charge in [-0.15, -0.1) is 0 Å². The highest BCUT2D eigenvalue weighted by Crippen LogP contribution is 2.69. The number of esters is 3. The number of hydrogen-bond acceptors (Lipinski definition) is 12. The molecule has 1 saturated carbocycles. The summed E-state index contributed by atoms with van der Waals surface area (Å²) in [6.07, 6.45) is 5.79. The second-order valence-electron chi connectivity index (χ2n) is 18.1. The minimum Gasteiger partial charge on any atom is -0.494 e. The lowest BCUT2D eigenvalue weighted by Gasteiger charge is -2.63. The summed E-state index contributed by atoms with van der Waals surface area (Å²) >= 11 is 0. The van der Waals surface area contributed by atoms with E-state index in [0.29, 0.717) is 93.7 Å². The number of rotatable bonds is 8. The van der Waals surface area contributed by atoms with Gasteiger partial charge in [0.25, 0.3) is 0 Å². The molecular formula is C46H56N4O10. The molecule has 5 aliphatic heterocycles. The molecule has 0 radical (unpaired) electrons. The monoisotopic (exact) mass is 824 g/mol. The normalized spacial score (nSPS) is 36.5. The van der Waals surface area contributed by atoms with Crippen LogP contribution in [0.1, 0.15) is 75.3 Å². The van der Waals surface area contributed by atoms with Crippen molar-refractivity contribution < 1.29 is 48.3 Å². The number of nitrogens with one attached hydrogen (secondary N) is 1. The molecule has 14 heteroatoms. The van der Waals surface area contributed by atoms with Crippen molar-refractivity contribution in [3.8, 4) is 5.75 Å². The fourth-order valence-corrected chi connectivity index (χ4v) is 13.4. The molecule has 1 aromatic heterocycles. The fraction of sp³-hybridized carbons (Fsp3) is 0.565. The van der Waals surface area contributed by atoms with Gasteiger partial charge in [0.1, 0.15) is 11.2 Å². The lowest BCUT2D eigenvalue weighted by molar-refractivity contribution is -0.228. The van der Waals surface area contributed by atoms with Crippen LogP contribution >= 0.6 is 0 Å². The Morgan fingerprint density at radius 3 is 2.38 bits per heavy atom. The van der Waals surface area contributed by atoms with E-state index in [1.54, 1.807) is 0 Å². The highest BCUT2D eigenvalue weighted by Gasteiger charge is 2.81. The Morgan fingerprint density at radius 2 is 1.70 bits per heavy atom. The van der Waals surface area contributed by atoms with Gasteiger partial charge in [0.05, 0.1) is 38.7 Å². The van der Waals surface area contributed by atoms with Gasteiger partial charge in [0.2, 0.25) is 12.0 Å². The van der Waals surface area contributed by atoms with E-state index in [9.17, 15) is 24.6 Å². The number of fused-ring (bicyclic) bond motifs is 6. The Morgan fingerprint density at radius 1 is 0.950 bits per heavy atom. The predicted molar refractivity (Wildman–Crippen MR) is 221 cm³/mol. The van der Waals surface area contributed by atoms with Crippen LogP contribution in [0.15, 0.2) is 48.6 Å². The highest BCUT2D eigenvalue weighted by molar-refractivity contribution is 5.98. The first-order valence-corrected chi connectivity index (χ1v) is 21.3. The Labute approximate surface area is 349 Å². The third-order valence-electron chi connectivity index (χ3n) is 15.5. The lowest BCUT2D eigenvalue weighted by atomic mass is 9.47. The van der Waals surface area contributed by atoms with Gasteiger partial charge in [-0.3, -0.25) is 24.2 Å². The SMILES string of the molecule is CC[C@]1(O)C[C@@H]2CN(CCc3c([nH]c4ccccc34)[C@@](C(=O)OC)(c3ccc4c(c3OC)N(C=O)[C@H]3[C@@](O)(C(=O)OC)[C@H](OC(C)=O)[C@]5(CC)C=CCN6CC[C@]43[C@@H]65)C2)C1. The fourth-order valence-electron chi connectivity index (χ4n) is 13.4. The number of nitrogens with zero attached hydrogens (tertiary/aromatic N) is 3. The molecule has 1 spiro atoms. The van der Waals surface area contributed by atoms with Crippen LogP contribution in [-0.4, -0.2) is 133 Å². The Balaban J connectivity index is 1.36. The molecule has 320 valence electrons. The van der Waals surface area contributed by atoms with Crippen LogP contribution < -0.4 is 9.64 Å². The van der Waals surface area contributed by atoms with Crippen LogP contribution in [0.25, 0.3) is 10.9 Å². The summed E-state index contributed by atoms with van der Waals surface area (Å²) < 4.78 is 23.9. The number of H-pyrrole nitrogens is 1. The maximum atomic E-state index is 15.2. The zero-order valence-electron chi connectivity index (χ0n) is 35.3. The van der Waals surface area contributed by atoms with Crippen LogP contribution in [0.4, 0.5) is 5.69 Å². The number of anilines is 1. The highest BCUT2D eigenvalue weighted by atomic mass is 16.6. The largest absolute Gasteiger partial charge is 0.494 e. The van der Waals surface area contributed by atoms with Crippen LogP contribution in [0.2, 0.25) is 0 Å². The number of aromatic nitrogens is 1. The van der Waals surface area contributed by atoms with Crippen LogP contribution in [-0.2, 0) is 50.6 Å². The van der Waals surface area contributed by atoms with Crippen molar-refractivity contribution in [3.63, 3.8) is 0 Å². The smallest absolute Gasteiger partial charge is 0.344 e. The molecule has 3 aromatic rings. The van der Waals surface area contributed by atoms with Crippen LogP contribution in [0.5, 0.6) is 5.75 Å². The maximum Gasteiger partial charge on any atom is 0.344 e. The number of para-hydroxylation sites is 1. The molecule has 10 atom stereocenters. The standard InChI is InChI=1S/C46H56N4O10/c1-7-42(55)22-28-23-45(40(53)58-5,36-30(16-20-48(24-28)25-42)29-12-9-10-13-33(29)47-36)32-15-14-31-34(35(32)57-4)50(26-51)38-44(31)18-21-49-19-11-17-43(8-2,37(44)49)39(60-27(3)52)46(38,56)41(54)59-6/h9-15,17,26,28,37-39,47,55-56H,7-8,16,18-25H2,1-6H3/t28-,37-,38+,39+,42-,43+,44+,45-,46-/m0/s1. The van der Waals surface area contributed by atoms with E-state index in [-0.39, 0.29) is 18.1 Å². The van der Waals surface area contributed by atoms with Gasteiger partial charge < -0.3 is 39.0 Å². The summed E-state index contributed by atoms with van der Waals surface area (Å²) in [5, 5.41) is 26.2. The first kappa shape index (κ1) is 40.6. The number of carbonyl (C=O) groups excluding carboxylic acids is 4. The predicted octanol–water partition coefficient (Wildman–Crippen LogP) is 3.52. The van der Waals surface area contributed by atoms with Gasteiger partial charge in [-0.25, -0.2) is 4.79 Å². The van der Waals surface area contributed by atoms with E-state index in [1.165, 1.54) is 33.2 Å². The Hall–Kier alpha value is -4.76. The minimum absolute atomic E-state index is 0.169. The Kier molecular flexibility index (Phi) is 9.58. The molecule has 3 N–H and O–H groups in total. The number of ether oxygens (including phenoxy) is 4. The molecule has 6 aliphatic rings. The van der Waals surface area contributed by atoms with E-state index in [4.69, 9.17) is 18.9 Å². The Bertz CT molecular complexity index is 2310. The van der Waals surface area contributed by atoms with Gasteiger partial charge in [-0.2, -0.15) is 0 Å². The van der Waals surface area contributed by atoms with Crippen LogP contribution in [0.3, 0.4) is 0 Å². The molecule has 9 rings (SSSR count). The van der Waals surface area contributed by atoms with E-state index in [1.807, 2.05) is 62.4 Å². The molecule has 1 amide bonds. The minimum atomic E-state index is -2.55. The van der Waals surface area contributed by atoms with Crippen molar-refractivity contribution in [1.82, 2.24) is 14.8 Å². The summed E-state index contributed by atoms with van der Waals surface area (Å²) in [6.45, 7) is 8.16. The van der Waals surface area contributed by atoms with Gasteiger partial charge in [0, 0.05) is 72.1 Å². The average molecular weight is 825 g/mol. The first-order chi connectivity index (χ1) is 28.8. The summed E-state index contributed by atoms with van der Waals surface area (Å²) in [5.74, 6) is -2.20. The maximum absolute atomic E-state index is 15.2. The number of carbonyl (C=O) groups is 4. The molecular weight excluding hydrogens is 769 g/mol. The van der Waals surface area contributed by atoms with Crippen molar-refractivity contribution in [3.05, 3.63) is 70.9 Å². The molecule has 1 unspecified atom stereocenters. The van der Waals surface area contributed by atoms with E-state index < -0.39 is 63.5 Å². The molecule has 2 aromatic carbocycles. The topological polar surface area (TPSA) is 171 Å².